The van der Waals surface area contributed by atoms with Crippen molar-refractivity contribution in [2.75, 3.05) is 24.5 Å². The van der Waals surface area contributed by atoms with Gasteiger partial charge in [0.2, 0.25) is 0 Å². The Morgan fingerprint density at radius 1 is 1.32 bits per heavy atom. The molecule has 2 unspecified atom stereocenters. The Labute approximate surface area is 190 Å². The summed E-state index contributed by atoms with van der Waals surface area (Å²) in [5.74, 6) is 0.341. The van der Waals surface area contributed by atoms with Crippen LogP contribution in [0, 0.1) is 6.92 Å². The van der Waals surface area contributed by atoms with Gasteiger partial charge in [0.15, 0.2) is 0 Å². The van der Waals surface area contributed by atoms with Gasteiger partial charge in [-0.15, -0.1) is 6.58 Å². The summed E-state index contributed by atoms with van der Waals surface area (Å²) in [5, 5.41) is 0. The summed E-state index contributed by atoms with van der Waals surface area (Å²) in [7, 11) is 0. The SMILES string of the molecule is C=CCN1C(=O)/C(=C/c2c(N3CC(C)OC(C)C3)nc3c(C)cccn3c2=O)SC1=S. The van der Waals surface area contributed by atoms with E-state index in [9.17, 15) is 9.59 Å². The summed E-state index contributed by atoms with van der Waals surface area (Å²) in [6.07, 6.45) is 4.96. The molecule has 2 aromatic rings. The number of hydrogen-bond donors (Lipinski definition) is 0. The number of anilines is 1. The zero-order valence-electron chi connectivity index (χ0n) is 17.7. The number of pyridine rings is 1. The van der Waals surface area contributed by atoms with Crippen LogP contribution in [0.3, 0.4) is 0 Å². The molecule has 1 amide bonds. The first-order valence-corrected chi connectivity index (χ1v) is 11.3. The molecule has 2 saturated heterocycles. The summed E-state index contributed by atoms with van der Waals surface area (Å²) in [4.78, 5) is 35.2. The minimum absolute atomic E-state index is 0.000441. The van der Waals surface area contributed by atoms with Crippen LogP contribution in [0.1, 0.15) is 25.0 Å². The number of ether oxygens (including phenoxy) is 1. The van der Waals surface area contributed by atoms with Crippen LogP contribution in [0.25, 0.3) is 11.7 Å². The van der Waals surface area contributed by atoms with E-state index in [4.69, 9.17) is 21.9 Å². The number of rotatable bonds is 4. The van der Waals surface area contributed by atoms with E-state index >= 15 is 0 Å². The summed E-state index contributed by atoms with van der Waals surface area (Å²) in [6.45, 7) is 11.2. The summed E-state index contributed by atoms with van der Waals surface area (Å²) < 4.78 is 7.85. The number of aryl methyl sites for hydroxylation is 1. The molecular weight excluding hydrogens is 432 g/mol. The van der Waals surface area contributed by atoms with Crippen molar-refractivity contribution in [2.24, 2.45) is 0 Å². The molecule has 2 aliphatic rings. The zero-order valence-corrected chi connectivity index (χ0v) is 19.3. The van der Waals surface area contributed by atoms with Crippen LogP contribution < -0.4 is 10.5 Å². The fraction of sp³-hybridized carbons (Fsp3) is 0.364. The van der Waals surface area contributed by atoms with Crippen molar-refractivity contribution in [3.05, 3.63) is 57.4 Å². The summed E-state index contributed by atoms with van der Waals surface area (Å²) in [6, 6.07) is 3.74. The van der Waals surface area contributed by atoms with E-state index in [-0.39, 0.29) is 23.7 Å². The van der Waals surface area contributed by atoms with Gasteiger partial charge in [-0.2, -0.15) is 0 Å². The zero-order chi connectivity index (χ0) is 22.3. The standard InChI is InChI=1S/C22H24N4O3S2/c1-5-8-26-21(28)17(31-22(26)30)10-16-19(24-11-14(3)29-15(4)12-24)23-18-13(2)7-6-9-25(18)20(16)27/h5-7,9-10,14-15H,1,8,11-12H2,2-4H3/b17-10-. The topological polar surface area (TPSA) is 67.2 Å². The molecule has 0 radical (unpaired) electrons. The average molecular weight is 457 g/mol. The molecule has 0 spiro atoms. The van der Waals surface area contributed by atoms with E-state index in [1.807, 2.05) is 32.9 Å². The van der Waals surface area contributed by atoms with E-state index in [1.165, 1.54) is 21.1 Å². The van der Waals surface area contributed by atoms with E-state index in [2.05, 4.69) is 11.5 Å². The first kappa shape index (κ1) is 21.7. The molecule has 162 valence electrons. The highest BCUT2D eigenvalue weighted by Crippen LogP contribution is 2.34. The molecule has 0 N–H and O–H groups in total. The second-order valence-corrected chi connectivity index (χ2v) is 9.46. The number of carbonyl (C=O) groups excluding carboxylic acids is 1. The van der Waals surface area contributed by atoms with Gasteiger partial charge in [-0.1, -0.05) is 36.1 Å². The van der Waals surface area contributed by atoms with E-state index in [0.29, 0.717) is 45.9 Å². The van der Waals surface area contributed by atoms with Crippen molar-refractivity contribution in [1.82, 2.24) is 14.3 Å². The van der Waals surface area contributed by atoms with Gasteiger partial charge in [0.05, 0.1) is 22.7 Å². The molecule has 9 heteroatoms. The van der Waals surface area contributed by atoms with Gasteiger partial charge in [-0.25, -0.2) is 4.98 Å². The van der Waals surface area contributed by atoms with Gasteiger partial charge in [0.1, 0.15) is 15.8 Å². The van der Waals surface area contributed by atoms with Gasteiger partial charge in [-0.3, -0.25) is 18.9 Å². The van der Waals surface area contributed by atoms with E-state index in [1.54, 1.807) is 18.3 Å². The maximum Gasteiger partial charge on any atom is 0.267 e. The maximum atomic E-state index is 13.5. The lowest BCUT2D eigenvalue weighted by atomic mass is 10.1. The van der Waals surface area contributed by atoms with Crippen molar-refractivity contribution in [1.29, 1.82) is 0 Å². The number of morpholine rings is 1. The van der Waals surface area contributed by atoms with Gasteiger partial charge < -0.3 is 9.64 Å². The molecule has 0 saturated carbocycles. The molecule has 2 aliphatic heterocycles. The lowest BCUT2D eigenvalue weighted by Gasteiger charge is -2.36. The molecule has 4 heterocycles. The number of carbonyl (C=O) groups is 1. The van der Waals surface area contributed by atoms with Crippen LogP contribution in [0.5, 0.6) is 0 Å². The van der Waals surface area contributed by atoms with Gasteiger partial charge in [0.25, 0.3) is 11.5 Å². The number of amides is 1. The van der Waals surface area contributed by atoms with E-state index < -0.39 is 0 Å². The van der Waals surface area contributed by atoms with Crippen molar-refractivity contribution in [2.45, 2.75) is 33.0 Å². The van der Waals surface area contributed by atoms with Crippen molar-refractivity contribution < 1.29 is 9.53 Å². The highest BCUT2D eigenvalue weighted by atomic mass is 32.2. The first-order chi connectivity index (χ1) is 14.8. The number of fused-ring (bicyclic) bond motifs is 1. The van der Waals surface area contributed by atoms with Crippen LogP contribution in [0.2, 0.25) is 0 Å². The minimum Gasteiger partial charge on any atom is -0.372 e. The van der Waals surface area contributed by atoms with Crippen LogP contribution >= 0.6 is 24.0 Å². The van der Waals surface area contributed by atoms with Gasteiger partial charge in [-0.05, 0) is 38.5 Å². The number of nitrogens with zero attached hydrogens (tertiary/aromatic N) is 4. The molecule has 31 heavy (non-hydrogen) atoms. The summed E-state index contributed by atoms with van der Waals surface area (Å²) in [5.41, 5.74) is 1.66. The number of aromatic nitrogens is 2. The fourth-order valence-electron chi connectivity index (χ4n) is 3.94. The number of thioether (sulfide) groups is 1. The molecule has 0 bridgehead atoms. The smallest absolute Gasteiger partial charge is 0.267 e. The Kier molecular flexibility index (Phi) is 6.00. The van der Waals surface area contributed by atoms with Crippen molar-refractivity contribution in [3.63, 3.8) is 0 Å². The van der Waals surface area contributed by atoms with Gasteiger partial charge in [0, 0.05) is 25.8 Å². The molecule has 2 fully saturated rings. The number of thiocarbonyl (C=S) groups is 1. The molecular formula is C22H24N4O3S2. The highest BCUT2D eigenvalue weighted by molar-refractivity contribution is 8.26. The molecule has 7 nitrogen and oxygen atoms in total. The van der Waals surface area contributed by atoms with Crippen molar-refractivity contribution >= 4 is 51.7 Å². The second kappa shape index (κ2) is 8.57. The lowest BCUT2D eigenvalue weighted by molar-refractivity contribution is -0.121. The Morgan fingerprint density at radius 2 is 2.03 bits per heavy atom. The lowest BCUT2D eigenvalue weighted by Crippen LogP contribution is -2.46. The van der Waals surface area contributed by atoms with Crippen LogP contribution in [0.4, 0.5) is 5.82 Å². The normalized spacial score (nSPS) is 23.3. The van der Waals surface area contributed by atoms with Crippen LogP contribution in [0.15, 0.2) is 40.7 Å². The van der Waals surface area contributed by atoms with Crippen LogP contribution in [-0.4, -0.2) is 56.4 Å². The average Bonchev–Trinajstić information content (AvgIpc) is 2.97. The third-order valence-corrected chi connectivity index (χ3v) is 6.62. The molecule has 0 aromatic carbocycles. The minimum atomic E-state index is -0.224. The predicted molar refractivity (Wildman–Crippen MR) is 128 cm³/mol. The fourth-order valence-corrected chi connectivity index (χ4v) is 5.19. The summed E-state index contributed by atoms with van der Waals surface area (Å²) >= 11 is 6.54. The third-order valence-electron chi connectivity index (χ3n) is 5.24. The Balaban J connectivity index is 1.90. The molecule has 2 aromatic heterocycles. The Morgan fingerprint density at radius 3 is 2.71 bits per heavy atom. The number of hydrogen-bond acceptors (Lipinski definition) is 7. The predicted octanol–water partition coefficient (Wildman–Crippen LogP) is 3.00. The van der Waals surface area contributed by atoms with Crippen LogP contribution in [-0.2, 0) is 9.53 Å². The van der Waals surface area contributed by atoms with Crippen molar-refractivity contribution in [3.8, 4) is 0 Å². The quantitative estimate of drug-likeness (QED) is 0.398. The Hall–Kier alpha value is -2.49. The monoisotopic (exact) mass is 456 g/mol. The molecule has 4 rings (SSSR count). The van der Waals surface area contributed by atoms with E-state index in [0.717, 1.165) is 5.56 Å². The molecule has 2 atom stereocenters. The second-order valence-electron chi connectivity index (χ2n) is 7.78. The largest absolute Gasteiger partial charge is 0.372 e. The molecule has 0 aliphatic carbocycles. The maximum absolute atomic E-state index is 13.5. The first-order valence-electron chi connectivity index (χ1n) is 10.1. The van der Waals surface area contributed by atoms with Gasteiger partial charge >= 0.3 is 0 Å². The highest BCUT2D eigenvalue weighted by Gasteiger charge is 2.33. The Bertz CT molecular complexity index is 1160. The third kappa shape index (κ3) is 4.05.